The van der Waals surface area contributed by atoms with E-state index in [0.717, 1.165) is 27.7 Å². The van der Waals surface area contributed by atoms with E-state index < -0.39 is 0 Å². The van der Waals surface area contributed by atoms with Gasteiger partial charge in [0.1, 0.15) is 17.2 Å². The van der Waals surface area contributed by atoms with Crippen molar-refractivity contribution in [1.29, 1.82) is 0 Å². The monoisotopic (exact) mass is 342 g/mol. The number of hydrogen-bond acceptors (Lipinski definition) is 4. The molecule has 2 rings (SSSR count). The molecule has 0 aliphatic carbocycles. The average Bonchev–Trinajstić information content (AvgIpc) is 2.94. The fourth-order valence-electron chi connectivity index (χ4n) is 1.83. The van der Waals surface area contributed by atoms with Gasteiger partial charge in [0.2, 0.25) is 0 Å². The van der Waals surface area contributed by atoms with Crippen LogP contribution in [0.15, 0.2) is 29.6 Å². The molecule has 0 N–H and O–H groups in total. The summed E-state index contributed by atoms with van der Waals surface area (Å²) in [5, 5.41) is 2.01. The van der Waals surface area contributed by atoms with E-state index >= 15 is 0 Å². The first kappa shape index (κ1) is 14.2. The Bertz CT molecular complexity index is 553. The largest absolute Gasteiger partial charge is 0.497 e. The van der Waals surface area contributed by atoms with Crippen molar-refractivity contribution in [3.8, 4) is 17.2 Å². The second-order valence-corrected chi connectivity index (χ2v) is 5.69. The van der Waals surface area contributed by atoms with Crippen LogP contribution in [0.1, 0.15) is 15.3 Å². The maximum atomic E-state index is 5.43. The predicted molar refractivity (Wildman–Crippen MR) is 81.2 cm³/mol. The normalized spacial score (nSPS) is 12.0. The molecule has 1 aromatic carbocycles. The Labute approximate surface area is 125 Å². The molecule has 1 heterocycles. The van der Waals surface area contributed by atoms with E-state index in [1.54, 1.807) is 32.7 Å². The number of alkyl halides is 1. The highest BCUT2D eigenvalue weighted by molar-refractivity contribution is 9.09. The molecule has 2 aromatic rings. The third kappa shape index (κ3) is 2.87. The zero-order valence-corrected chi connectivity index (χ0v) is 13.4. The van der Waals surface area contributed by atoms with Crippen LogP contribution in [0.4, 0.5) is 0 Å². The van der Waals surface area contributed by atoms with Crippen molar-refractivity contribution in [1.82, 2.24) is 0 Å². The molecule has 0 radical (unpaired) electrons. The van der Waals surface area contributed by atoms with E-state index in [2.05, 4.69) is 15.9 Å². The van der Waals surface area contributed by atoms with Crippen molar-refractivity contribution >= 4 is 27.3 Å². The minimum atomic E-state index is 0.0308. The van der Waals surface area contributed by atoms with Crippen molar-refractivity contribution in [3.05, 3.63) is 40.1 Å². The van der Waals surface area contributed by atoms with Crippen molar-refractivity contribution in [2.45, 2.75) is 4.83 Å². The van der Waals surface area contributed by atoms with E-state index in [1.807, 2.05) is 29.6 Å². The number of benzene rings is 1. The molecular weight excluding hydrogens is 328 g/mol. The van der Waals surface area contributed by atoms with E-state index in [0.29, 0.717) is 0 Å². The Hall–Kier alpha value is -1.20. The van der Waals surface area contributed by atoms with E-state index in [9.17, 15) is 0 Å². The lowest BCUT2D eigenvalue weighted by Gasteiger charge is -2.15. The molecule has 0 spiro atoms. The highest BCUT2D eigenvalue weighted by atomic mass is 79.9. The minimum Gasteiger partial charge on any atom is -0.497 e. The van der Waals surface area contributed by atoms with Crippen LogP contribution in [0.5, 0.6) is 17.2 Å². The third-order valence-electron chi connectivity index (χ3n) is 2.82. The molecule has 5 heteroatoms. The first-order valence-corrected chi connectivity index (χ1v) is 7.48. The number of thiophene rings is 1. The summed E-state index contributed by atoms with van der Waals surface area (Å²) in [5.41, 5.74) is 1.05. The van der Waals surface area contributed by atoms with Gasteiger partial charge in [-0.1, -0.05) is 22.0 Å². The Morgan fingerprint density at radius 2 is 1.74 bits per heavy atom. The van der Waals surface area contributed by atoms with Crippen LogP contribution in [0.2, 0.25) is 0 Å². The predicted octanol–water partition coefficient (Wildman–Crippen LogP) is 4.26. The number of ether oxygens (including phenoxy) is 3. The first-order valence-electron chi connectivity index (χ1n) is 5.68. The molecular formula is C14H15BrO3S. The summed E-state index contributed by atoms with van der Waals surface area (Å²) in [6.07, 6.45) is 0. The van der Waals surface area contributed by atoms with Crippen LogP contribution in [-0.2, 0) is 0 Å². The van der Waals surface area contributed by atoms with Gasteiger partial charge in [-0.15, -0.1) is 11.3 Å². The Kier molecular flexibility index (Phi) is 4.71. The SMILES string of the molecule is COc1ccc(C(Br)c2sccc2OC)c(OC)c1. The zero-order chi connectivity index (χ0) is 13.8. The molecule has 3 nitrogen and oxygen atoms in total. The van der Waals surface area contributed by atoms with Gasteiger partial charge >= 0.3 is 0 Å². The summed E-state index contributed by atoms with van der Waals surface area (Å²) < 4.78 is 16.0. The highest BCUT2D eigenvalue weighted by Gasteiger charge is 2.20. The van der Waals surface area contributed by atoms with Gasteiger partial charge in [-0.05, 0) is 17.5 Å². The second kappa shape index (κ2) is 6.30. The minimum absolute atomic E-state index is 0.0308. The van der Waals surface area contributed by atoms with Gasteiger partial charge in [0.05, 0.1) is 31.0 Å². The van der Waals surface area contributed by atoms with Crippen LogP contribution >= 0.6 is 27.3 Å². The summed E-state index contributed by atoms with van der Waals surface area (Å²) in [6, 6.07) is 7.76. The van der Waals surface area contributed by atoms with Gasteiger partial charge in [0.25, 0.3) is 0 Å². The molecule has 0 saturated heterocycles. The summed E-state index contributed by atoms with van der Waals surface area (Å²) >= 11 is 5.36. The number of hydrogen-bond donors (Lipinski definition) is 0. The average molecular weight is 343 g/mol. The Morgan fingerprint density at radius 1 is 1.00 bits per heavy atom. The summed E-state index contributed by atoms with van der Waals surface area (Å²) in [7, 11) is 4.97. The number of halogens is 1. The summed E-state index contributed by atoms with van der Waals surface area (Å²) in [5.74, 6) is 2.44. The second-order valence-electron chi connectivity index (χ2n) is 3.82. The number of methoxy groups -OCH3 is 3. The lowest BCUT2D eigenvalue weighted by atomic mass is 10.1. The molecule has 0 aliphatic rings. The van der Waals surface area contributed by atoms with Crippen molar-refractivity contribution < 1.29 is 14.2 Å². The summed E-state index contributed by atoms with van der Waals surface area (Å²) in [6.45, 7) is 0. The zero-order valence-electron chi connectivity index (χ0n) is 11.0. The third-order valence-corrected chi connectivity index (χ3v) is 5.04. The van der Waals surface area contributed by atoms with Crippen LogP contribution in [0, 0.1) is 0 Å². The molecule has 0 amide bonds. The Balaban J connectivity index is 2.41. The molecule has 0 saturated carbocycles. The fourth-order valence-corrected chi connectivity index (χ4v) is 3.61. The maximum Gasteiger partial charge on any atom is 0.134 e. The first-order chi connectivity index (χ1) is 9.21. The maximum absolute atomic E-state index is 5.43. The van der Waals surface area contributed by atoms with E-state index in [-0.39, 0.29) is 4.83 Å². The van der Waals surface area contributed by atoms with Gasteiger partial charge in [0, 0.05) is 11.6 Å². The van der Waals surface area contributed by atoms with E-state index in [4.69, 9.17) is 14.2 Å². The van der Waals surface area contributed by atoms with Crippen LogP contribution in [-0.4, -0.2) is 21.3 Å². The van der Waals surface area contributed by atoms with Gasteiger partial charge in [0.15, 0.2) is 0 Å². The molecule has 0 fully saturated rings. The van der Waals surface area contributed by atoms with E-state index in [1.165, 1.54) is 0 Å². The Morgan fingerprint density at radius 3 is 2.37 bits per heavy atom. The highest BCUT2D eigenvalue weighted by Crippen LogP contribution is 2.44. The van der Waals surface area contributed by atoms with Crippen molar-refractivity contribution in [2.24, 2.45) is 0 Å². The van der Waals surface area contributed by atoms with Gasteiger partial charge < -0.3 is 14.2 Å². The van der Waals surface area contributed by atoms with Gasteiger partial charge in [-0.25, -0.2) is 0 Å². The summed E-state index contributed by atoms with van der Waals surface area (Å²) in [4.78, 5) is 1.15. The molecule has 102 valence electrons. The van der Waals surface area contributed by atoms with Gasteiger partial charge in [-0.2, -0.15) is 0 Å². The quantitative estimate of drug-likeness (QED) is 0.760. The molecule has 1 unspecified atom stereocenters. The molecule has 1 atom stereocenters. The lowest BCUT2D eigenvalue weighted by Crippen LogP contribution is -1.98. The van der Waals surface area contributed by atoms with Crippen LogP contribution < -0.4 is 14.2 Å². The van der Waals surface area contributed by atoms with Crippen molar-refractivity contribution in [2.75, 3.05) is 21.3 Å². The molecule has 0 aliphatic heterocycles. The molecule has 19 heavy (non-hydrogen) atoms. The van der Waals surface area contributed by atoms with Gasteiger partial charge in [-0.3, -0.25) is 0 Å². The fraction of sp³-hybridized carbons (Fsp3) is 0.286. The lowest BCUT2D eigenvalue weighted by molar-refractivity contribution is 0.391. The topological polar surface area (TPSA) is 27.7 Å². The molecule has 0 bridgehead atoms. The molecule has 1 aromatic heterocycles. The number of rotatable bonds is 5. The smallest absolute Gasteiger partial charge is 0.134 e. The standard InChI is InChI=1S/C14H15BrO3S/c1-16-9-4-5-10(12(8-9)18-3)13(15)14-11(17-2)6-7-19-14/h4-8,13H,1-3H3. The van der Waals surface area contributed by atoms with Crippen LogP contribution in [0.25, 0.3) is 0 Å². The van der Waals surface area contributed by atoms with Crippen molar-refractivity contribution in [3.63, 3.8) is 0 Å². The van der Waals surface area contributed by atoms with Crippen LogP contribution in [0.3, 0.4) is 0 Å².